The average Bonchev–Trinajstić information content (AvgIpc) is 3.19. The highest BCUT2D eigenvalue weighted by Crippen LogP contribution is 2.31. The van der Waals surface area contributed by atoms with Gasteiger partial charge in [-0.2, -0.15) is 0 Å². The molecule has 2 aromatic heterocycles. The quantitative estimate of drug-likeness (QED) is 0.287. The first-order chi connectivity index (χ1) is 14.7. The number of aromatic nitrogens is 3. The molecule has 0 aliphatic carbocycles. The molecular formula is C22H19ClN4O3. The molecule has 2 aromatic carbocycles. The molecule has 0 saturated carbocycles. The number of H-pyrrole nitrogens is 1. The Labute approximate surface area is 177 Å². The highest BCUT2D eigenvalue weighted by molar-refractivity contribution is 6.35. The Kier molecular flexibility index (Phi) is 5.92. The molecule has 4 aromatic rings. The molecular weight excluding hydrogens is 404 g/mol. The van der Waals surface area contributed by atoms with E-state index in [1.807, 2.05) is 30.3 Å². The molecule has 0 aliphatic rings. The number of rotatable bonds is 8. The molecule has 0 amide bonds. The van der Waals surface area contributed by atoms with E-state index in [0.29, 0.717) is 52.4 Å². The summed E-state index contributed by atoms with van der Waals surface area (Å²) in [6.07, 6.45) is 3.58. The van der Waals surface area contributed by atoms with Gasteiger partial charge in [0.15, 0.2) is 5.78 Å². The predicted octanol–water partition coefficient (Wildman–Crippen LogP) is 4.43. The third-order valence-corrected chi connectivity index (χ3v) is 4.82. The maximum absolute atomic E-state index is 13.2. The molecule has 0 radical (unpaired) electrons. The highest BCUT2D eigenvalue weighted by Gasteiger charge is 2.20. The predicted molar refractivity (Wildman–Crippen MR) is 115 cm³/mol. The molecule has 0 bridgehead atoms. The Balaban J connectivity index is 1.63. The van der Waals surface area contributed by atoms with Crippen molar-refractivity contribution in [2.75, 3.05) is 18.5 Å². The fourth-order valence-corrected chi connectivity index (χ4v) is 3.33. The standard InChI is InChI=1S/C22H19ClN4O3/c23-18-11-15(30-14-5-2-1-3-6-14)7-8-16(18)20(29)17-12-25-22-19(17)21(26-13-27-22)24-9-4-10-28/h1-3,5-8,11-13,28H,4,9-10H2,(H2,24,25,26,27). The lowest BCUT2D eigenvalue weighted by Crippen LogP contribution is -2.08. The second-order valence-electron chi connectivity index (χ2n) is 6.54. The van der Waals surface area contributed by atoms with Crippen LogP contribution < -0.4 is 10.1 Å². The maximum atomic E-state index is 13.2. The van der Waals surface area contributed by atoms with Crippen molar-refractivity contribution < 1.29 is 14.6 Å². The summed E-state index contributed by atoms with van der Waals surface area (Å²) < 4.78 is 5.78. The van der Waals surface area contributed by atoms with Crippen LogP contribution in [0.3, 0.4) is 0 Å². The normalized spacial score (nSPS) is 10.9. The maximum Gasteiger partial charge on any atom is 0.196 e. The van der Waals surface area contributed by atoms with Crippen molar-refractivity contribution >= 4 is 34.2 Å². The fraction of sp³-hybridized carbons (Fsp3) is 0.136. The SMILES string of the molecule is O=C(c1ccc(Oc2ccccc2)cc1Cl)c1c[nH]c2ncnc(NCCCO)c12. The molecule has 4 rings (SSSR count). The summed E-state index contributed by atoms with van der Waals surface area (Å²) in [4.78, 5) is 24.7. The van der Waals surface area contributed by atoms with Crippen LogP contribution in [0.15, 0.2) is 61.1 Å². The number of benzene rings is 2. The van der Waals surface area contributed by atoms with Gasteiger partial charge in [0, 0.05) is 31.0 Å². The van der Waals surface area contributed by atoms with Gasteiger partial charge in [-0.15, -0.1) is 0 Å². The number of para-hydroxylation sites is 1. The van der Waals surface area contributed by atoms with Crippen molar-refractivity contribution in [3.05, 3.63) is 77.2 Å². The van der Waals surface area contributed by atoms with Crippen LogP contribution in [0, 0.1) is 0 Å². The van der Waals surface area contributed by atoms with Gasteiger partial charge in [-0.1, -0.05) is 29.8 Å². The van der Waals surface area contributed by atoms with Crippen molar-refractivity contribution in [2.24, 2.45) is 0 Å². The molecule has 0 aliphatic heterocycles. The van der Waals surface area contributed by atoms with Crippen molar-refractivity contribution in [1.82, 2.24) is 15.0 Å². The second-order valence-corrected chi connectivity index (χ2v) is 6.95. The second kappa shape index (κ2) is 8.94. The molecule has 0 atom stereocenters. The lowest BCUT2D eigenvalue weighted by atomic mass is 10.0. The molecule has 3 N–H and O–H groups in total. The number of fused-ring (bicyclic) bond motifs is 1. The summed E-state index contributed by atoms with van der Waals surface area (Å²) in [6, 6.07) is 14.3. The number of anilines is 1. The number of hydrogen-bond acceptors (Lipinski definition) is 6. The minimum Gasteiger partial charge on any atom is -0.457 e. The number of ether oxygens (including phenoxy) is 1. The lowest BCUT2D eigenvalue weighted by Gasteiger charge is -2.09. The molecule has 30 heavy (non-hydrogen) atoms. The largest absolute Gasteiger partial charge is 0.457 e. The summed E-state index contributed by atoms with van der Waals surface area (Å²) in [7, 11) is 0. The number of ketones is 1. The summed E-state index contributed by atoms with van der Waals surface area (Å²) in [5.41, 5.74) is 1.30. The number of carbonyl (C=O) groups is 1. The van der Waals surface area contributed by atoms with Crippen molar-refractivity contribution in [3.63, 3.8) is 0 Å². The summed E-state index contributed by atoms with van der Waals surface area (Å²) >= 11 is 6.42. The van der Waals surface area contributed by atoms with Crippen LogP contribution >= 0.6 is 11.6 Å². The van der Waals surface area contributed by atoms with E-state index < -0.39 is 0 Å². The number of nitrogens with one attached hydrogen (secondary N) is 2. The van der Waals surface area contributed by atoms with Crippen LogP contribution in [-0.4, -0.2) is 39.0 Å². The highest BCUT2D eigenvalue weighted by atomic mass is 35.5. The number of hydrogen-bond donors (Lipinski definition) is 3. The van der Waals surface area contributed by atoms with E-state index in [2.05, 4.69) is 20.3 Å². The number of aliphatic hydroxyl groups is 1. The van der Waals surface area contributed by atoms with Crippen LogP contribution in [0.25, 0.3) is 11.0 Å². The van der Waals surface area contributed by atoms with Gasteiger partial charge in [-0.05, 0) is 30.7 Å². The van der Waals surface area contributed by atoms with Gasteiger partial charge in [-0.25, -0.2) is 9.97 Å². The van der Waals surface area contributed by atoms with Crippen molar-refractivity contribution in [1.29, 1.82) is 0 Å². The van der Waals surface area contributed by atoms with E-state index in [4.69, 9.17) is 21.4 Å². The van der Waals surface area contributed by atoms with Crippen molar-refractivity contribution in [2.45, 2.75) is 6.42 Å². The zero-order chi connectivity index (χ0) is 20.9. The van der Waals surface area contributed by atoms with Gasteiger partial charge in [0.2, 0.25) is 0 Å². The van der Waals surface area contributed by atoms with E-state index in [1.54, 1.807) is 24.4 Å². The first-order valence-corrected chi connectivity index (χ1v) is 9.79. The monoisotopic (exact) mass is 422 g/mol. The van der Waals surface area contributed by atoms with E-state index in [0.717, 1.165) is 0 Å². The summed E-state index contributed by atoms with van der Waals surface area (Å²) in [5, 5.41) is 13.0. The number of halogens is 1. The lowest BCUT2D eigenvalue weighted by molar-refractivity contribution is 0.104. The molecule has 8 heteroatoms. The zero-order valence-electron chi connectivity index (χ0n) is 15.9. The first-order valence-electron chi connectivity index (χ1n) is 9.41. The third-order valence-electron chi connectivity index (χ3n) is 4.51. The van der Waals surface area contributed by atoms with Crippen LogP contribution in [0.5, 0.6) is 11.5 Å². The van der Waals surface area contributed by atoms with Crippen LogP contribution in [0.4, 0.5) is 5.82 Å². The topological polar surface area (TPSA) is 100 Å². The van der Waals surface area contributed by atoms with Gasteiger partial charge in [0.05, 0.1) is 16.0 Å². The number of nitrogens with zero attached hydrogens (tertiary/aromatic N) is 2. The van der Waals surface area contributed by atoms with Gasteiger partial charge in [0.1, 0.15) is 29.3 Å². The molecule has 0 saturated heterocycles. The summed E-state index contributed by atoms with van der Waals surface area (Å²) in [5.74, 6) is 1.49. The Morgan fingerprint density at radius 1 is 1.10 bits per heavy atom. The van der Waals surface area contributed by atoms with Gasteiger partial charge in [-0.3, -0.25) is 4.79 Å². The molecule has 2 heterocycles. The third kappa shape index (κ3) is 4.12. The van der Waals surface area contributed by atoms with E-state index >= 15 is 0 Å². The van der Waals surface area contributed by atoms with Crippen LogP contribution in [0.1, 0.15) is 22.3 Å². The number of aromatic amines is 1. The smallest absolute Gasteiger partial charge is 0.196 e. The Morgan fingerprint density at radius 2 is 1.93 bits per heavy atom. The molecule has 7 nitrogen and oxygen atoms in total. The zero-order valence-corrected chi connectivity index (χ0v) is 16.7. The molecule has 0 fully saturated rings. The van der Waals surface area contributed by atoms with Gasteiger partial charge < -0.3 is 20.1 Å². The minimum absolute atomic E-state index is 0.0627. The Morgan fingerprint density at radius 3 is 2.70 bits per heavy atom. The first kappa shape index (κ1) is 19.9. The van der Waals surface area contributed by atoms with Crippen molar-refractivity contribution in [3.8, 4) is 11.5 Å². The molecule has 152 valence electrons. The number of carbonyl (C=O) groups excluding carboxylic acids is 1. The Hall–Kier alpha value is -3.42. The van der Waals surface area contributed by atoms with Crippen LogP contribution in [0.2, 0.25) is 5.02 Å². The molecule has 0 spiro atoms. The molecule has 0 unspecified atom stereocenters. The van der Waals surface area contributed by atoms with E-state index in [-0.39, 0.29) is 17.4 Å². The summed E-state index contributed by atoms with van der Waals surface area (Å²) in [6.45, 7) is 0.584. The average molecular weight is 423 g/mol. The minimum atomic E-state index is -0.252. The van der Waals surface area contributed by atoms with Gasteiger partial charge in [0.25, 0.3) is 0 Å². The van der Waals surface area contributed by atoms with Crippen LogP contribution in [-0.2, 0) is 0 Å². The fourth-order valence-electron chi connectivity index (χ4n) is 3.07. The van der Waals surface area contributed by atoms with E-state index in [9.17, 15) is 4.79 Å². The van der Waals surface area contributed by atoms with Gasteiger partial charge >= 0.3 is 0 Å². The van der Waals surface area contributed by atoms with E-state index in [1.165, 1.54) is 6.33 Å². The number of aliphatic hydroxyl groups excluding tert-OH is 1. The Bertz CT molecular complexity index is 1180.